The zero-order valence-corrected chi connectivity index (χ0v) is 16.9. The Kier molecular flexibility index (Phi) is 7.00. The predicted molar refractivity (Wildman–Crippen MR) is 112 cm³/mol. The molecule has 0 saturated carbocycles. The van der Waals surface area contributed by atoms with E-state index in [4.69, 9.17) is 4.74 Å². The standard InChI is InChI=1S/C22H25N3O5/c1-16-6-5-11-24(14-16)19-10-9-18(12-20(19)25(28)29)22(27)30-15-21(26)23-13-17-7-3-2-4-8-17/h2-4,7-10,12,16H,5-6,11,13-15H2,1H3,(H,23,26)/t16-/m1/s1. The van der Waals surface area contributed by atoms with Crippen LogP contribution in [0, 0.1) is 16.0 Å². The fourth-order valence-corrected chi connectivity index (χ4v) is 3.53. The van der Waals surface area contributed by atoms with Crippen molar-refractivity contribution in [1.82, 2.24) is 5.32 Å². The van der Waals surface area contributed by atoms with E-state index in [2.05, 4.69) is 12.2 Å². The Morgan fingerprint density at radius 3 is 2.70 bits per heavy atom. The van der Waals surface area contributed by atoms with Crippen molar-refractivity contribution < 1.29 is 19.2 Å². The van der Waals surface area contributed by atoms with Gasteiger partial charge in [-0.2, -0.15) is 0 Å². The molecule has 1 heterocycles. The highest BCUT2D eigenvalue weighted by Gasteiger charge is 2.25. The summed E-state index contributed by atoms with van der Waals surface area (Å²) in [5.74, 6) is -0.760. The van der Waals surface area contributed by atoms with Crippen molar-refractivity contribution in [1.29, 1.82) is 0 Å². The third kappa shape index (κ3) is 5.56. The maximum Gasteiger partial charge on any atom is 0.338 e. The van der Waals surface area contributed by atoms with E-state index >= 15 is 0 Å². The van der Waals surface area contributed by atoms with E-state index < -0.39 is 23.4 Å². The van der Waals surface area contributed by atoms with Gasteiger partial charge < -0.3 is 15.0 Å². The topological polar surface area (TPSA) is 102 Å². The Hall–Kier alpha value is -3.42. The third-order valence-electron chi connectivity index (χ3n) is 5.07. The van der Waals surface area contributed by atoms with Gasteiger partial charge >= 0.3 is 5.97 Å². The number of rotatable bonds is 7. The van der Waals surface area contributed by atoms with E-state index in [0.717, 1.165) is 31.5 Å². The molecule has 0 spiro atoms. The molecule has 1 saturated heterocycles. The van der Waals surface area contributed by atoms with E-state index in [1.54, 1.807) is 6.07 Å². The number of carbonyl (C=O) groups is 2. The maximum absolute atomic E-state index is 12.3. The van der Waals surface area contributed by atoms with Crippen molar-refractivity contribution in [2.24, 2.45) is 5.92 Å². The van der Waals surface area contributed by atoms with Crippen molar-refractivity contribution >= 4 is 23.3 Å². The minimum Gasteiger partial charge on any atom is -0.452 e. The number of nitrogens with zero attached hydrogens (tertiary/aromatic N) is 2. The van der Waals surface area contributed by atoms with Gasteiger partial charge in [0.05, 0.1) is 10.5 Å². The molecule has 0 unspecified atom stereocenters. The van der Waals surface area contributed by atoms with E-state index in [9.17, 15) is 19.7 Å². The van der Waals surface area contributed by atoms with Gasteiger partial charge in [-0.1, -0.05) is 37.3 Å². The monoisotopic (exact) mass is 411 g/mol. The van der Waals surface area contributed by atoms with Crippen LogP contribution >= 0.6 is 0 Å². The highest BCUT2D eigenvalue weighted by atomic mass is 16.6. The van der Waals surface area contributed by atoms with Crippen molar-refractivity contribution in [3.05, 3.63) is 69.8 Å². The SMILES string of the molecule is C[C@@H]1CCCN(c2ccc(C(=O)OCC(=O)NCc3ccccc3)cc2[N+](=O)[O-])C1. The lowest BCUT2D eigenvalue weighted by Gasteiger charge is -2.32. The summed E-state index contributed by atoms with van der Waals surface area (Å²) in [6, 6.07) is 13.7. The molecule has 1 fully saturated rings. The number of amides is 1. The van der Waals surface area contributed by atoms with E-state index in [-0.39, 0.29) is 11.3 Å². The summed E-state index contributed by atoms with van der Waals surface area (Å²) in [5, 5.41) is 14.2. The zero-order chi connectivity index (χ0) is 21.5. The molecule has 30 heavy (non-hydrogen) atoms. The molecule has 1 aliphatic heterocycles. The second-order valence-corrected chi connectivity index (χ2v) is 7.49. The molecular weight excluding hydrogens is 386 g/mol. The first-order chi connectivity index (χ1) is 14.4. The molecule has 1 amide bonds. The van der Waals surface area contributed by atoms with Crippen LogP contribution in [0.2, 0.25) is 0 Å². The molecule has 8 nitrogen and oxygen atoms in total. The van der Waals surface area contributed by atoms with Crippen LogP contribution in [0.5, 0.6) is 0 Å². The summed E-state index contributed by atoms with van der Waals surface area (Å²) in [6.07, 6.45) is 2.07. The summed E-state index contributed by atoms with van der Waals surface area (Å²) in [7, 11) is 0. The van der Waals surface area contributed by atoms with Gasteiger partial charge in [-0.05, 0) is 36.5 Å². The number of nitro benzene ring substituents is 1. The van der Waals surface area contributed by atoms with E-state index in [1.165, 1.54) is 12.1 Å². The minimum atomic E-state index is -0.772. The fourth-order valence-electron chi connectivity index (χ4n) is 3.53. The largest absolute Gasteiger partial charge is 0.452 e. The molecule has 1 N–H and O–H groups in total. The fraction of sp³-hybridized carbons (Fsp3) is 0.364. The van der Waals surface area contributed by atoms with Crippen LogP contribution in [0.25, 0.3) is 0 Å². The normalized spacial score (nSPS) is 16.0. The molecule has 158 valence electrons. The van der Waals surface area contributed by atoms with Crippen LogP contribution in [0.1, 0.15) is 35.7 Å². The average molecular weight is 411 g/mol. The molecule has 0 bridgehead atoms. The number of hydrogen-bond acceptors (Lipinski definition) is 6. The van der Waals surface area contributed by atoms with Crippen molar-refractivity contribution in [2.75, 3.05) is 24.6 Å². The molecule has 2 aromatic rings. The lowest BCUT2D eigenvalue weighted by molar-refractivity contribution is -0.384. The van der Waals surface area contributed by atoms with Crippen molar-refractivity contribution in [3.8, 4) is 0 Å². The quantitative estimate of drug-likeness (QED) is 0.426. The third-order valence-corrected chi connectivity index (χ3v) is 5.07. The van der Waals surface area contributed by atoms with Crippen molar-refractivity contribution in [2.45, 2.75) is 26.3 Å². The Labute approximate surface area is 175 Å². The lowest BCUT2D eigenvalue weighted by atomic mass is 9.99. The first-order valence-electron chi connectivity index (χ1n) is 9.95. The lowest BCUT2D eigenvalue weighted by Crippen LogP contribution is -2.34. The summed E-state index contributed by atoms with van der Waals surface area (Å²) in [4.78, 5) is 37.3. The minimum absolute atomic E-state index is 0.0476. The van der Waals surface area contributed by atoms with Gasteiger partial charge in [0.25, 0.3) is 11.6 Å². The molecular formula is C22H25N3O5. The summed E-state index contributed by atoms with van der Waals surface area (Å²) >= 11 is 0. The Balaban J connectivity index is 1.60. The highest BCUT2D eigenvalue weighted by Crippen LogP contribution is 2.32. The van der Waals surface area contributed by atoms with Crippen LogP contribution in [-0.2, 0) is 16.1 Å². The maximum atomic E-state index is 12.3. The molecule has 2 aromatic carbocycles. The zero-order valence-electron chi connectivity index (χ0n) is 16.9. The number of nitrogens with one attached hydrogen (secondary N) is 1. The summed E-state index contributed by atoms with van der Waals surface area (Å²) < 4.78 is 5.03. The van der Waals surface area contributed by atoms with Crippen LogP contribution in [-0.4, -0.2) is 36.5 Å². The second kappa shape index (κ2) is 9.87. The van der Waals surface area contributed by atoms with Gasteiger partial charge in [0.15, 0.2) is 6.61 Å². The van der Waals surface area contributed by atoms with Crippen LogP contribution in [0.3, 0.4) is 0 Å². The second-order valence-electron chi connectivity index (χ2n) is 7.49. The van der Waals surface area contributed by atoms with Crippen molar-refractivity contribution in [3.63, 3.8) is 0 Å². The molecule has 1 aliphatic rings. The number of piperidine rings is 1. The number of ether oxygens (including phenoxy) is 1. The molecule has 8 heteroatoms. The Bertz CT molecular complexity index is 916. The highest BCUT2D eigenvalue weighted by molar-refractivity contribution is 5.93. The number of carbonyl (C=O) groups excluding carboxylic acids is 2. The Morgan fingerprint density at radius 2 is 2.00 bits per heavy atom. The van der Waals surface area contributed by atoms with Gasteiger partial charge in [0, 0.05) is 25.7 Å². The summed E-state index contributed by atoms with van der Waals surface area (Å²) in [6.45, 7) is 3.48. The van der Waals surface area contributed by atoms with Gasteiger partial charge in [-0.3, -0.25) is 14.9 Å². The predicted octanol–water partition coefficient (Wildman–Crippen LogP) is 3.30. The summed E-state index contributed by atoms with van der Waals surface area (Å²) in [5.41, 5.74) is 1.34. The van der Waals surface area contributed by atoms with Crippen LogP contribution in [0.15, 0.2) is 48.5 Å². The number of esters is 1. The molecule has 0 aromatic heterocycles. The average Bonchev–Trinajstić information content (AvgIpc) is 2.76. The molecule has 0 radical (unpaired) electrons. The molecule has 0 aliphatic carbocycles. The van der Waals surface area contributed by atoms with E-state index in [0.29, 0.717) is 18.2 Å². The molecule has 3 rings (SSSR count). The number of benzene rings is 2. The van der Waals surface area contributed by atoms with Gasteiger partial charge in [0.1, 0.15) is 5.69 Å². The first-order valence-corrected chi connectivity index (χ1v) is 9.95. The molecule has 1 atom stereocenters. The van der Waals surface area contributed by atoms with Crippen LogP contribution < -0.4 is 10.2 Å². The Morgan fingerprint density at radius 1 is 1.23 bits per heavy atom. The smallest absolute Gasteiger partial charge is 0.338 e. The first kappa shape index (κ1) is 21.3. The number of anilines is 1. The van der Waals surface area contributed by atoms with E-state index in [1.807, 2.05) is 35.2 Å². The number of nitro groups is 1. The van der Waals surface area contributed by atoms with Gasteiger partial charge in [0.2, 0.25) is 0 Å². The number of hydrogen-bond donors (Lipinski definition) is 1. The van der Waals surface area contributed by atoms with Gasteiger partial charge in [-0.25, -0.2) is 4.79 Å². The van der Waals surface area contributed by atoms with Crippen LogP contribution in [0.4, 0.5) is 11.4 Å². The van der Waals surface area contributed by atoms with Gasteiger partial charge in [-0.15, -0.1) is 0 Å².